The largest absolute Gasteiger partial charge is 0.354 e. The van der Waals surface area contributed by atoms with Crippen molar-refractivity contribution in [3.05, 3.63) is 21.3 Å². The summed E-state index contributed by atoms with van der Waals surface area (Å²) in [5.41, 5.74) is 5.44. The number of hydrogen-bond donors (Lipinski definition) is 2. The van der Waals surface area contributed by atoms with E-state index in [2.05, 4.69) is 5.32 Å². The second-order valence-corrected chi connectivity index (χ2v) is 6.37. The third-order valence-corrected chi connectivity index (χ3v) is 4.52. The highest BCUT2D eigenvalue weighted by atomic mass is 35.5. The first-order valence-corrected chi connectivity index (χ1v) is 7.11. The fraction of sp³-hybridized carbons (Fsp3) is 0.583. The zero-order valence-electron chi connectivity index (χ0n) is 9.67. The lowest BCUT2D eigenvalue weighted by atomic mass is 9.98. The molecule has 94 valence electrons. The van der Waals surface area contributed by atoms with Gasteiger partial charge in [0.05, 0.1) is 9.88 Å². The number of halogens is 1. The molecule has 0 unspecified atom stereocenters. The van der Waals surface area contributed by atoms with Crippen molar-refractivity contribution in [1.82, 2.24) is 5.32 Å². The van der Waals surface area contributed by atoms with Crippen molar-refractivity contribution in [2.24, 2.45) is 5.73 Å². The summed E-state index contributed by atoms with van der Waals surface area (Å²) >= 11 is 7.39. The lowest BCUT2D eigenvalue weighted by Gasteiger charge is -2.22. The molecule has 5 heteroatoms. The van der Waals surface area contributed by atoms with Gasteiger partial charge in [0.1, 0.15) is 0 Å². The Hall–Kier alpha value is -0.580. The van der Waals surface area contributed by atoms with Crippen LogP contribution in [0, 0.1) is 0 Å². The van der Waals surface area contributed by atoms with Crippen LogP contribution in [0.4, 0.5) is 0 Å². The van der Waals surface area contributed by atoms with E-state index in [0.717, 1.165) is 36.4 Å². The molecular formula is C12H17ClN2OS. The average molecular weight is 273 g/mol. The van der Waals surface area contributed by atoms with Crippen molar-refractivity contribution in [2.45, 2.75) is 37.6 Å². The van der Waals surface area contributed by atoms with Gasteiger partial charge in [-0.05, 0) is 31.4 Å². The zero-order valence-corrected chi connectivity index (χ0v) is 11.2. The molecule has 1 aliphatic rings. The Kier molecular flexibility index (Phi) is 4.07. The first kappa shape index (κ1) is 12.9. The maximum absolute atomic E-state index is 11.9. The molecule has 1 amide bonds. The van der Waals surface area contributed by atoms with Gasteiger partial charge >= 0.3 is 0 Å². The summed E-state index contributed by atoms with van der Waals surface area (Å²) in [6.07, 6.45) is 4.56. The molecule has 17 heavy (non-hydrogen) atoms. The van der Waals surface area contributed by atoms with Crippen LogP contribution in [0.3, 0.4) is 0 Å². The number of nitrogens with two attached hydrogens (primary N) is 1. The van der Waals surface area contributed by atoms with Crippen molar-refractivity contribution < 1.29 is 4.79 Å². The first-order chi connectivity index (χ1) is 8.10. The summed E-state index contributed by atoms with van der Waals surface area (Å²) in [5.74, 6) is -0.00217. The minimum atomic E-state index is -0.618. The molecule has 0 aromatic carbocycles. The molecule has 1 aliphatic carbocycles. The van der Waals surface area contributed by atoms with E-state index in [4.69, 9.17) is 17.3 Å². The van der Waals surface area contributed by atoms with Crippen LogP contribution in [0.15, 0.2) is 12.1 Å². The van der Waals surface area contributed by atoms with E-state index in [1.807, 2.05) is 12.1 Å². The Morgan fingerprint density at radius 1 is 1.47 bits per heavy atom. The van der Waals surface area contributed by atoms with Crippen LogP contribution in [0.2, 0.25) is 4.34 Å². The van der Waals surface area contributed by atoms with Crippen LogP contribution in [0.1, 0.15) is 30.6 Å². The fourth-order valence-electron chi connectivity index (χ4n) is 2.19. The molecule has 0 spiro atoms. The van der Waals surface area contributed by atoms with E-state index in [1.54, 1.807) is 11.3 Å². The predicted molar refractivity (Wildman–Crippen MR) is 71.4 cm³/mol. The molecule has 0 saturated heterocycles. The zero-order chi connectivity index (χ0) is 12.3. The van der Waals surface area contributed by atoms with Crippen molar-refractivity contribution in [1.29, 1.82) is 0 Å². The number of thiophene rings is 1. The molecule has 1 saturated carbocycles. The Balaban J connectivity index is 1.77. The SMILES string of the molecule is NC1(C(=O)NCCc2ccc(Cl)s2)CCCC1. The molecule has 3 nitrogen and oxygen atoms in total. The average Bonchev–Trinajstić information content (AvgIpc) is 2.89. The van der Waals surface area contributed by atoms with E-state index in [-0.39, 0.29) is 5.91 Å². The highest BCUT2D eigenvalue weighted by Crippen LogP contribution is 2.27. The van der Waals surface area contributed by atoms with Gasteiger partial charge in [-0.1, -0.05) is 24.4 Å². The third-order valence-electron chi connectivity index (χ3n) is 3.23. The lowest BCUT2D eigenvalue weighted by Crippen LogP contribution is -2.52. The fourth-order valence-corrected chi connectivity index (χ4v) is 3.28. The van der Waals surface area contributed by atoms with Gasteiger partial charge < -0.3 is 11.1 Å². The highest BCUT2D eigenvalue weighted by molar-refractivity contribution is 7.16. The van der Waals surface area contributed by atoms with Crippen LogP contribution >= 0.6 is 22.9 Å². The summed E-state index contributed by atoms with van der Waals surface area (Å²) in [5, 5.41) is 2.92. The Labute approximate surface area is 110 Å². The standard InChI is InChI=1S/C12H17ClN2OS/c13-10-4-3-9(17-10)5-8-15-11(16)12(14)6-1-2-7-12/h3-4H,1-2,5-8,14H2,(H,15,16). The number of rotatable bonds is 4. The van der Waals surface area contributed by atoms with Crippen LogP contribution < -0.4 is 11.1 Å². The van der Waals surface area contributed by atoms with Crippen LogP contribution in [0.5, 0.6) is 0 Å². The molecule has 3 N–H and O–H groups in total. The van der Waals surface area contributed by atoms with E-state index in [0.29, 0.717) is 6.54 Å². The van der Waals surface area contributed by atoms with Crippen molar-refractivity contribution in [2.75, 3.05) is 6.54 Å². The van der Waals surface area contributed by atoms with E-state index in [1.165, 1.54) is 4.88 Å². The van der Waals surface area contributed by atoms with Crippen LogP contribution in [0.25, 0.3) is 0 Å². The highest BCUT2D eigenvalue weighted by Gasteiger charge is 2.36. The van der Waals surface area contributed by atoms with Gasteiger partial charge in [-0.2, -0.15) is 0 Å². The Morgan fingerprint density at radius 2 is 2.18 bits per heavy atom. The minimum Gasteiger partial charge on any atom is -0.354 e. The van der Waals surface area contributed by atoms with Crippen molar-refractivity contribution >= 4 is 28.8 Å². The number of carbonyl (C=O) groups is 1. The lowest BCUT2D eigenvalue weighted by molar-refractivity contribution is -0.126. The van der Waals surface area contributed by atoms with Crippen molar-refractivity contribution in [3.8, 4) is 0 Å². The normalized spacial score (nSPS) is 18.2. The van der Waals surface area contributed by atoms with Gasteiger partial charge in [0, 0.05) is 11.4 Å². The molecule has 2 rings (SSSR count). The monoisotopic (exact) mass is 272 g/mol. The summed E-state index contributed by atoms with van der Waals surface area (Å²) in [6.45, 7) is 0.634. The molecule has 0 aliphatic heterocycles. The van der Waals surface area contributed by atoms with Gasteiger partial charge in [0.15, 0.2) is 0 Å². The van der Waals surface area contributed by atoms with E-state index in [9.17, 15) is 4.79 Å². The van der Waals surface area contributed by atoms with Gasteiger partial charge in [0.2, 0.25) is 5.91 Å². The molecule has 1 aromatic rings. The number of carbonyl (C=O) groups excluding carboxylic acids is 1. The Bertz CT molecular complexity index is 399. The summed E-state index contributed by atoms with van der Waals surface area (Å²) < 4.78 is 0.789. The van der Waals surface area contributed by atoms with E-state index >= 15 is 0 Å². The molecule has 0 atom stereocenters. The predicted octanol–water partition coefficient (Wildman–Crippen LogP) is 2.33. The quantitative estimate of drug-likeness (QED) is 0.884. The molecule has 1 aromatic heterocycles. The number of nitrogens with one attached hydrogen (secondary N) is 1. The second-order valence-electron chi connectivity index (χ2n) is 4.57. The van der Waals surface area contributed by atoms with Crippen molar-refractivity contribution in [3.63, 3.8) is 0 Å². The summed E-state index contributed by atoms with van der Waals surface area (Å²) in [4.78, 5) is 13.1. The third kappa shape index (κ3) is 3.21. The second kappa shape index (κ2) is 5.38. The van der Waals surface area contributed by atoms with Gasteiger partial charge in [-0.3, -0.25) is 4.79 Å². The summed E-state index contributed by atoms with van der Waals surface area (Å²) in [7, 11) is 0. The molecule has 1 heterocycles. The Morgan fingerprint density at radius 3 is 2.76 bits per heavy atom. The first-order valence-electron chi connectivity index (χ1n) is 5.91. The molecule has 0 bridgehead atoms. The van der Waals surface area contributed by atoms with E-state index < -0.39 is 5.54 Å². The number of hydrogen-bond acceptors (Lipinski definition) is 3. The van der Waals surface area contributed by atoms with Crippen LogP contribution in [-0.4, -0.2) is 18.0 Å². The molecule has 0 radical (unpaired) electrons. The summed E-state index contributed by atoms with van der Waals surface area (Å²) in [6, 6.07) is 3.87. The van der Waals surface area contributed by atoms with Gasteiger partial charge in [0.25, 0.3) is 0 Å². The van der Waals surface area contributed by atoms with Crippen LogP contribution in [-0.2, 0) is 11.2 Å². The smallest absolute Gasteiger partial charge is 0.240 e. The minimum absolute atomic E-state index is 0.00217. The number of amides is 1. The topological polar surface area (TPSA) is 55.1 Å². The molecular weight excluding hydrogens is 256 g/mol. The maximum atomic E-state index is 11.9. The maximum Gasteiger partial charge on any atom is 0.240 e. The van der Waals surface area contributed by atoms with Gasteiger partial charge in [-0.25, -0.2) is 0 Å². The van der Waals surface area contributed by atoms with Gasteiger partial charge in [-0.15, -0.1) is 11.3 Å². The molecule has 1 fully saturated rings.